The fraction of sp³-hybridized carbons (Fsp3) is 0.914. The SMILES string of the molecule is CCCCCCCCC/C=C\CCCCCCCCCC(=O)OCC(COP(=O)(O)OCCN)OC(=O)CCCCCCCCCCCCCCCCCCCCCCCCCCCCCCC/C=C\CCCCCCCCCC. The van der Waals surface area contributed by atoms with E-state index < -0.39 is 26.5 Å². The summed E-state index contributed by atoms with van der Waals surface area (Å²) in [5.74, 6) is -0.812. The van der Waals surface area contributed by atoms with Gasteiger partial charge in [-0.1, -0.05) is 327 Å². The van der Waals surface area contributed by atoms with Crippen LogP contribution in [0.3, 0.4) is 0 Å². The molecule has 0 rings (SSSR count). The maximum Gasteiger partial charge on any atom is 0.472 e. The Hall–Kier alpha value is -1.51. The van der Waals surface area contributed by atoms with Crippen LogP contribution < -0.4 is 5.73 Å². The molecule has 0 aliphatic carbocycles. The summed E-state index contributed by atoms with van der Waals surface area (Å²) in [7, 11) is -4.39. The summed E-state index contributed by atoms with van der Waals surface area (Å²) in [6, 6.07) is 0. The smallest absolute Gasteiger partial charge is 0.462 e. The van der Waals surface area contributed by atoms with Gasteiger partial charge in [-0.15, -0.1) is 0 Å². The van der Waals surface area contributed by atoms with Crippen LogP contribution in [-0.4, -0.2) is 49.3 Å². The Morgan fingerprint density at radius 1 is 0.362 bits per heavy atom. The highest BCUT2D eigenvalue weighted by Crippen LogP contribution is 2.43. The Morgan fingerprint density at radius 2 is 0.613 bits per heavy atom. The van der Waals surface area contributed by atoms with Crippen molar-refractivity contribution in [1.29, 1.82) is 0 Å². The van der Waals surface area contributed by atoms with Crippen molar-refractivity contribution in [1.82, 2.24) is 0 Å². The number of esters is 2. The van der Waals surface area contributed by atoms with Crippen molar-refractivity contribution in [3.8, 4) is 0 Å². The van der Waals surface area contributed by atoms with E-state index in [1.165, 1.54) is 315 Å². The van der Waals surface area contributed by atoms with E-state index >= 15 is 0 Å². The molecule has 0 saturated carbocycles. The lowest BCUT2D eigenvalue weighted by Gasteiger charge is -2.19. The second-order valence-electron chi connectivity index (χ2n) is 24.1. The molecule has 9 nitrogen and oxygen atoms in total. The zero-order chi connectivity index (χ0) is 58.0. The number of nitrogens with two attached hydrogens (primary N) is 1. The van der Waals surface area contributed by atoms with Crippen molar-refractivity contribution in [3.05, 3.63) is 24.3 Å². The molecule has 10 heteroatoms. The summed E-state index contributed by atoms with van der Waals surface area (Å²) in [5, 5.41) is 0. The molecule has 0 aliphatic rings. The van der Waals surface area contributed by atoms with Crippen molar-refractivity contribution in [2.24, 2.45) is 5.73 Å². The van der Waals surface area contributed by atoms with Crippen LogP contribution in [0.2, 0.25) is 0 Å². The van der Waals surface area contributed by atoms with Gasteiger partial charge in [-0.25, -0.2) is 4.57 Å². The number of phosphoric acid groups is 1. The predicted molar refractivity (Wildman–Crippen MR) is 344 cm³/mol. The number of allylic oxidation sites excluding steroid dienone is 4. The summed E-state index contributed by atoms with van der Waals surface area (Å²) >= 11 is 0. The van der Waals surface area contributed by atoms with Crippen molar-refractivity contribution in [2.75, 3.05) is 26.4 Å². The molecule has 474 valence electrons. The molecule has 0 fully saturated rings. The van der Waals surface area contributed by atoms with Crippen LogP contribution in [0.1, 0.15) is 380 Å². The van der Waals surface area contributed by atoms with Crippen LogP contribution in [-0.2, 0) is 32.7 Å². The van der Waals surface area contributed by atoms with Gasteiger partial charge in [0.1, 0.15) is 6.61 Å². The molecule has 2 unspecified atom stereocenters. The van der Waals surface area contributed by atoms with E-state index in [0.29, 0.717) is 6.42 Å². The van der Waals surface area contributed by atoms with Crippen LogP contribution in [0.5, 0.6) is 0 Å². The molecule has 0 aromatic carbocycles. The molecule has 0 heterocycles. The Balaban J connectivity index is 3.72. The maximum absolute atomic E-state index is 12.7. The number of carbonyl (C=O) groups is 2. The first-order valence-corrected chi connectivity index (χ1v) is 36.8. The molecular weight excluding hydrogens is 1010 g/mol. The molecule has 0 bridgehead atoms. The number of phosphoric ester groups is 1. The molecule has 0 aromatic heterocycles. The van der Waals surface area contributed by atoms with Gasteiger partial charge in [-0.2, -0.15) is 0 Å². The number of rotatable bonds is 68. The van der Waals surface area contributed by atoms with E-state index in [9.17, 15) is 19.0 Å². The van der Waals surface area contributed by atoms with Gasteiger partial charge in [0, 0.05) is 19.4 Å². The first-order chi connectivity index (χ1) is 39.3. The van der Waals surface area contributed by atoms with Gasteiger partial charge in [0.2, 0.25) is 0 Å². The van der Waals surface area contributed by atoms with Crippen molar-refractivity contribution < 1.29 is 37.6 Å². The van der Waals surface area contributed by atoms with Gasteiger partial charge in [0.05, 0.1) is 13.2 Å². The van der Waals surface area contributed by atoms with E-state index in [0.717, 1.165) is 32.1 Å². The highest BCUT2D eigenvalue weighted by atomic mass is 31.2. The lowest BCUT2D eigenvalue weighted by Crippen LogP contribution is -2.29. The quantitative estimate of drug-likeness (QED) is 0.0264. The second kappa shape index (κ2) is 66.6. The molecule has 2 atom stereocenters. The zero-order valence-electron chi connectivity index (χ0n) is 53.3. The second-order valence-corrected chi connectivity index (χ2v) is 25.6. The van der Waals surface area contributed by atoms with E-state index in [1.807, 2.05) is 0 Å². The molecule has 0 aliphatic heterocycles. The maximum atomic E-state index is 12.7. The summed E-state index contributed by atoms with van der Waals surface area (Å²) in [6.07, 6.45) is 81.6. The zero-order valence-corrected chi connectivity index (χ0v) is 54.2. The minimum Gasteiger partial charge on any atom is -0.462 e. The monoisotopic (exact) mass is 1150 g/mol. The molecule has 0 aromatic rings. The standard InChI is InChI=1S/C70H136NO8P/c1-3-5-7-9-11-13-15-17-19-21-23-24-25-26-27-28-29-30-31-32-33-34-35-36-37-38-39-40-41-42-43-44-45-47-49-51-53-55-57-59-61-63-70(73)79-68(67-78-80(74,75)77-65-64-71)66-76-69(72)62-60-58-56-54-52-50-48-46-22-20-18-16-14-12-10-8-6-4-2/h20-23,68H,3-19,24-67,71H2,1-2H3,(H,74,75)/b22-20-,23-21-. The Labute approximate surface area is 497 Å². The van der Waals surface area contributed by atoms with Crippen molar-refractivity contribution >= 4 is 19.8 Å². The topological polar surface area (TPSA) is 134 Å². The number of hydrogen-bond acceptors (Lipinski definition) is 8. The predicted octanol–water partition coefficient (Wildman–Crippen LogP) is 22.9. The average molecular weight is 1150 g/mol. The highest BCUT2D eigenvalue weighted by molar-refractivity contribution is 7.47. The van der Waals surface area contributed by atoms with E-state index in [1.54, 1.807) is 0 Å². The lowest BCUT2D eigenvalue weighted by atomic mass is 10.0. The van der Waals surface area contributed by atoms with Crippen LogP contribution in [0.4, 0.5) is 0 Å². The normalized spacial score (nSPS) is 13.0. The van der Waals surface area contributed by atoms with Crippen LogP contribution in [0.25, 0.3) is 0 Å². The minimum atomic E-state index is -4.39. The first-order valence-electron chi connectivity index (χ1n) is 35.3. The van der Waals surface area contributed by atoms with E-state index in [4.69, 9.17) is 24.3 Å². The summed E-state index contributed by atoms with van der Waals surface area (Å²) in [4.78, 5) is 35.3. The van der Waals surface area contributed by atoms with Crippen LogP contribution >= 0.6 is 7.82 Å². The summed E-state index contributed by atoms with van der Waals surface area (Å²) < 4.78 is 33.1. The molecule has 3 N–H and O–H groups in total. The van der Waals surface area contributed by atoms with Gasteiger partial charge in [0.15, 0.2) is 6.10 Å². The third kappa shape index (κ3) is 65.6. The number of ether oxygens (including phenoxy) is 2. The van der Waals surface area contributed by atoms with E-state index in [-0.39, 0.29) is 38.6 Å². The lowest BCUT2D eigenvalue weighted by molar-refractivity contribution is -0.161. The fourth-order valence-electron chi connectivity index (χ4n) is 10.8. The third-order valence-corrected chi connectivity index (χ3v) is 17.0. The number of hydrogen-bond donors (Lipinski definition) is 2. The largest absolute Gasteiger partial charge is 0.472 e. The Bertz CT molecular complexity index is 1360. The van der Waals surface area contributed by atoms with Gasteiger partial charge >= 0.3 is 19.8 Å². The van der Waals surface area contributed by atoms with Crippen LogP contribution in [0.15, 0.2) is 24.3 Å². The fourth-order valence-corrected chi connectivity index (χ4v) is 11.6. The van der Waals surface area contributed by atoms with Gasteiger partial charge < -0.3 is 20.1 Å². The molecule has 80 heavy (non-hydrogen) atoms. The van der Waals surface area contributed by atoms with Gasteiger partial charge in [0.25, 0.3) is 0 Å². The molecule has 0 spiro atoms. The van der Waals surface area contributed by atoms with E-state index in [2.05, 4.69) is 38.2 Å². The first kappa shape index (κ1) is 78.5. The summed E-state index contributed by atoms with van der Waals surface area (Å²) in [5.41, 5.74) is 5.39. The average Bonchev–Trinajstić information content (AvgIpc) is 3.45. The van der Waals surface area contributed by atoms with Crippen LogP contribution in [0, 0.1) is 0 Å². The molecular formula is C70H136NO8P. The Morgan fingerprint density at radius 3 is 0.887 bits per heavy atom. The number of unbranched alkanes of at least 4 members (excludes halogenated alkanes) is 51. The van der Waals surface area contributed by atoms with Gasteiger partial charge in [-0.3, -0.25) is 18.6 Å². The highest BCUT2D eigenvalue weighted by Gasteiger charge is 2.26. The third-order valence-electron chi connectivity index (χ3n) is 16.1. The molecule has 0 saturated heterocycles. The van der Waals surface area contributed by atoms with Crippen molar-refractivity contribution in [2.45, 2.75) is 386 Å². The molecule has 0 amide bonds. The summed E-state index contributed by atoms with van der Waals surface area (Å²) in [6.45, 7) is 3.80. The van der Waals surface area contributed by atoms with Crippen molar-refractivity contribution in [3.63, 3.8) is 0 Å². The Kier molecular flexibility index (Phi) is 65.4. The molecule has 0 radical (unpaired) electrons. The number of carbonyl (C=O) groups excluding carboxylic acids is 2. The minimum absolute atomic E-state index is 0.0558. The van der Waals surface area contributed by atoms with Gasteiger partial charge in [-0.05, 0) is 64.2 Å².